The molecule has 0 bridgehead atoms. The molecule has 3 heterocycles. The lowest BCUT2D eigenvalue weighted by molar-refractivity contribution is 0.102. The zero-order valence-corrected chi connectivity index (χ0v) is 19.9. The molecule has 4 aromatic rings. The van der Waals surface area contributed by atoms with Crippen LogP contribution in [0, 0.1) is 0 Å². The van der Waals surface area contributed by atoms with Gasteiger partial charge in [0.1, 0.15) is 5.75 Å². The highest BCUT2D eigenvalue weighted by Crippen LogP contribution is 2.30. The van der Waals surface area contributed by atoms with Gasteiger partial charge in [0.15, 0.2) is 5.82 Å². The Morgan fingerprint density at radius 2 is 2.00 bits per heavy atom. The molecule has 0 saturated carbocycles. The van der Waals surface area contributed by atoms with Crippen LogP contribution in [-0.2, 0) is 23.0 Å². The number of anilines is 1. The van der Waals surface area contributed by atoms with E-state index in [2.05, 4.69) is 15.5 Å². The van der Waals surface area contributed by atoms with Crippen molar-refractivity contribution in [1.29, 1.82) is 0 Å². The lowest BCUT2D eigenvalue weighted by Crippen LogP contribution is -2.35. The van der Waals surface area contributed by atoms with Crippen molar-refractivity contribution in [3.05, 3.63) is 82.0 Å². The SMILES string of the molecule is COc1ccccc1-c1cc(NC(=O)c2cccc(S(=O)(=O)N3CCc4sccc4C3)c2)n[nH]1. The second-order valence-electron chi connectivity index (χ2n) is 7.81. The maximum absolute atomic E-state index is 13.2. The summed E-state index contributed by atoms with van der Waals surface area (Å²) < 4.78 is 33.3. The van der Waals surface area contributed by atoms with Gasteiger partial charge in [-0.25, -0.2) is 8.42 Å². The number of ether oxygens (including phenoxy) is 1. The zero-order chi connectivity index (χ0) is 23.7. The predicted octanol–water partition coefficient (Wildman–Crippen LogP) is 4.15. The van der Waals surface area contributed by atoms with Gasteiger partial charge in [-0.2, -0.15) is 9.40 Å². The van der Waals surface area contributed by atoms with Crippen LogP contribution in [0.25, 0.3) is 11.3 Å². The van der Waals surface area contributed by atoms with E-state index in [0.29, 0.717) is 36.8 Å². The van der Waals surface area contributed by atoms with E-state index < -0.39 is 15.9 Å². The van der Waals surface area contributed by atoms with E-state index in [1.54, 1.807) is 36.6 Å². The molecule has 1 aliphatic heterocycles. The molecular formula is C24H22N4O4S2. The number of para-hydroxylation sites is 1. The van der Waals surface area contributed by atoms with E-state index in [9.17, 15) is 13.2 Å². The van der Waals surface area contributed by atoms with Crippen molar-refractivity contribution in [3.63, 3.8) is 0 Å². The Kier molecular flexibility index (Phi) is 5.94. The Morgan fingerprint density at radius 1 is 1.15 bits per heavy atom. The van der Waals surface area contributed by atoms with Gasteiger partial charge >= 0.3 is 0 Å². The number of nitrogens with one attached hydrogen (secondary N) is 2. The molecule has 34 heavy (non-hydrogen) atoms. The number of methoxy groups -OCH3 is 1. The monoisotopic (exact) mass is 494 g/mol. The van der Waals surface area contributed by atoms with Crippen LogP contribution in [0.4, 0.5) is 5.82 Å². The van der Waals surface area contributed by atoms with Gasteiger partial charge in [-0.3, -0.25) is 9.89 Å². The number of thiophene rings is 1. The minimum Gasteiger partial charge on any atom is -0.496 e. The lowest BCUT2D eigenvalue weighted by Gasteiger charge is -2.26. The van der Waals surface area contributed by atoms with Gasteiger partial charge in [0.05, 0.1) is 17.7 Å². The van der Waals surface area contributed by atoms with Gasteiger partial charge in [0, 0.05) is 35.2 Å². The van der Waals surface area contributed by atoms with Gasteiger partial charge < -0.3 is 10.1 Å². The van der Waals surface area contributed by atoms with E-state index in [4.69, 9.17) is 4.74 Å². The number of aromatic amines is 1. The van der Waals surface area contributed by atoms with Crippen molar-refractivity contribution in [2.24, 2.45) is 0 Å². The topological polar surface area (TPSA) is 104 Å². The number of carbonyl (C=O) groups excluding carboxylic acids is 1. The summed E-state index contributed by atoms with van der Waals surface area (Å²) in [7, 11) is -2.14. The minimum atomic E-state index is -3.73. The summed E-state index contributed by atoms with van der Waals surface area (Å²) in [5, 5.41) is 11.8. The van der Waals surface area contributed by atoms with Gasteiger partial charge in [0.2, 0.25) is 10.0 Å². The third kappa shape index (κ3) is 4.23. The fourth-order valence-corrected chi connectivity index (χ4v) is 6.31. The quantitative estimate of drug-likeness (QED) is 0.419. The van der Waals surface area contributed by atoms with E-state index in [-0.39, 0.29) is 10.5 Å². The minimum absolute atomic E-state index is 0.0931. The summed E-state index contributed by atoms with van der Waals surface area (Å²) in [6.45, 7) is 0.766. The third-order valence-electron chi connectivity index (χ3n) is 5.72. The average molecular weight is 495 g/mol. The smallest absolute Gasteiger partial charge is 0.256 e. The van der Waals surface area contributed by atoms with Crippen molar-refractivity contribution in [2.45, 2.75) is 17.9 Å². The summed E-state index contributed by atoms with van der Waals surface area (Å²) in [6.07, 6.45) is 0.695. The first kappa shape index (κ1) is 22.3. The fraction of sp³-hybridized carbons (Fsp3) is 0.167. The zero-order valence-electron chi connectivity index (χ0n) is 18.3. The average Bonchev–Trinajstić information content (AvgIpc) is 3.53. The van der Waals surface area contributed by atoms with E-state index >= 15 is 0 Å². The van der Waals surface area contributed by atoms with Crippen LogP contribution in [0.1, 0.15) is 20.8 Å². The number of nitrogens with zero attached hydrogens (tertiary/aromatic N) is 2. The van der Waals surface area contributed by atoms with E-state index in [1.165, 1.54) is 21.3 Å². The normalized spacial score (nSPS) is 13.9. The largest absolute Gasteiger partial charge is 0.496 e. The van der Waals surface area contributed by atoms with Crippen molar-refractivity contribution in [2.75, 3.05) is 19.0 Å². The van der Waals surface area contributed by atoms with Gasteiger partial charge in [-0.1, -0.05) is 18.2 Å². The molecule has 2 N–H and O–H groups in total. The summed E-state index contributed by atoms with van der Waals surface area (Å²) in [6, 6.07) is 17.2. The Bertz CT molecular complexity index is 1460. The first-order chi connectivity index (χ1) is 16.5. The number of carbonyl (C=O) groups is 1. The highest BCUT2D eigenvalue weighted by Gasteiger charge is 2.29. The molecule has 0 unspecified atom stereocenters. The first-order valence-corrected chi connectivity index (χ1v) is 12.9. The molecule has 0 aliphatic carbocycles. The molecule has 2 aromatic carbocycles. The molecule has 10 heteroatoms. The second-order valence-corrected chi connectivity index (χ2v) is 10.7. The molecule has 5 rings (SSSR count). The summed E-state index contributed by atoms with van der Waals surface area (Å²) >= 11 is 1.65. The molecule has 0 radical (unpaired) electrons. The molecule has 8 nitrogen and oxygen atoms in total. The van der Waals surface area contributed by atoms with Crippen LogP contribution in [-0.4, -0.2) is 42.5 Å². The van der Waals surface area contributed by atoms with E-state index in [0.717, 1.165) is 11.1 Å². The fourth-order valence-electron chi connectivity index (χ4n) is 3.95. The molecule has 1 aliphatic rings. The summed E-state index contributed by atoms with van der Waals surface area (Å²) in [5.74, 6) is 0.545. The number of amides is 1. The Morgan fingerprint density at radius 3 is 2.85 bits per heavy atom. The maximum atomic E-state index is 13.2. The molecule has 0 fully saturated rings. The second kappa shape index (κ2) is 9.05. The summed E-state index contributed by atoms with van der Waals surface area (Å²) in [4.78, 5) is 14.2. The van der Waals surface area contributed by atoms with Crippen LogP contribution in [0.3, 0.4) is 0 Å². The lowest BCUT2D eigenvalue weighted by atomic mass is 10.1. The Hall–Kier alpha value is -3.47. The third-order valence-corrected chi connectivity index (χ3v) is 8.59. The van der Waals surface area contributed by atoms with Gasteiger partial charge in [-0.15, -0.1) is 11.3 Å². The molecule has 0 spiro atoms. The van der Waals surface area contributed by atoms with Crippen LogP contribution in [0.2, 0.25) is 0 Å². The van der Waals surface area contributed by atoms with Crippen LogP contribution in [0.15, 0.2) is 70.9 Å². The first-order valence-electron chi connectivity index (χ1n) is 10.6. The Labute approximate surface area is 201 Å². The molecule has 2 aromatic heterocycles. The van der Waals surface area contributed by atoms with Crippen LogP contribution < -0.4 is 10.1 Å². The van der Waals surface area contributed by atoms with Crippen molar-refractivity contribution in [1.82, 2.24) is 14.5 Å². The number of rotatable bonds is 6. The maximum Gasteiger partial charge on any atom is 0.256 e. The molecular weight excluding hydrogens is 472 g/mol. The number of aromatic nitrogens is 2. The highest BCUT2D eigenvalue weighted by atomic mass is 32.2. The summed E-state index contributed by atoms with van der Waals surface area (Å²) in [5.41, 5.74) is 2.76. The van der Waals surface area contributed by atoms with Crippen LogP contribution >= 0.6 is 11.3 Å². The molecule has 0 atom stereocenters. The Balaban J connectivity index is 1.34. The highest BCUT2D eigenvalue weighted by molar-refractivity contribution is 7.89. The standard InChI is InChI=1S/C24H22N4O4S2/c1-32-21-8-3-2-7-19(21)20-14-23(27-26-20)25-24(29)16-5-4-6-18(13-16)34(30,31)28-11-9-22-17(15-28)10-12-33-22/h2-8,10,12-14H,9,11,15H2,1H3,(H2,25,26,27,29). The number of H-pyrrole nitrogens is 1. The van der Waals surface area contributed by atoms with Crippen molar-refractivity contribution < 1.29 is 17.9 Å². The van der Waals surface area contributed by atoms with Crippen LogP contribution in [0.5, 0.6) is 5.75 Å². The number of hydrogen-bond donors (Lipinski definition) is 2. The predicted molar refractivity (Wildman–Crippen MR) is 131 cm³/mol. The van der Waals surface area contributed by atoms with Gasteiger partial charge in [-0.05, 0) is 53.8 Å². The number of benzene rings is 2. The molecule has 1 amide bonds. The molecule has 0 saturated heterocycles. The number of fused-ring (bicyclic) bond motifs is 1. The van der Waals surface area contributed by atoms with E-state index in [1.807, 2.05) is 35.7 Å². The van der Waals surface area contributed by atoms with Gasteiger partial charge in [0.25, 0.3) is 5.91 Å². The number of hydrogen-bond acceptors (Lipinski definition) is 6. The van der Waals surface area contributed by atoms with Crippen molar-refractivity contribution >= 4 is 33.1 Å². The number of sulfonamides is 1. The molecule has 174 valence electrons. The van der Waals surface area contributed by atoms with Crippen molar-refractivity contribution in [3.8, 4) is 17.0 Å².